The van der Waals surface area contributed by atoms with Crippen LogP contribution in [0.1, 0.15) is 38.4 Å². The van der Waals surface area contributed by atoms with Crippen molar-refractivity contribution in [2.45, 2.75) is 39.3 Å². The third-order valence-corrected chi connectivity index (χ3v) is 2.70. The van der Waals surface area contributed by atoms with Crippen LogP contribution < -0.4 is 5.73 Å². The molecular formula is C11H20ClN3O. The molecule has 4 nitrogen and oxygen atoms in total. The SMILES string of the molecule is CCCOCCC(N)c1c(Cl)cnn1CC. The normalized spacial score (nSPS) is 13.0. The Morgan fingerprint density at radius 2 is 2.25 bits per heavy atom. The lowest BCUT2D eigenvalue weighted by molar-refractivity contribution is 0.127. The van der Waals surface area contributed by atoms with Crippen LogP contribution in [0.5, 0.6) is 0 Å². The standard InChI is InChI=1S/C11H20ClN3O/c1-3-6-16-7-5-10(13)11-9(12)8-14-15(11)4-2/h8,10H,3-7,13H2,1-2H3. The number of aryl methyl sites for hydroxylation is 1. The van der Waals surface area contributed by atoms with Gasteiger partial charge in [-0.1, -0.05) is 18.5 Å². The van der Waals surface area contributed by atoms with Gasteiger partial charge in [-0.05, 0) is 19.8 Å². The highest BCUT2D eigenvalue weighted by Crippen LogP contribution is 2.23. The summed E-state index contributed by atoms with van der Waals surface area (Å²) in [7, 11) is 0. The zero-order chi connectivity index (χ0) is 12.0. The summed E-state index contributed by atoms with van der Waals surface area (Å²) in [4.78, 5) is 0. The molecule has 1 aromatic heterocycles. The molecule has 0 aromatic carbocycles. The van der Waals surface area contributed by atoms with Crippen molar-refractivity contribution in [1.29, 1.82) is 0 Å². The molecular weight excluding hydrogens is 226 g/mol. The number of nitrogens with two attached hydrogens (primary N) is 1. The maximum atomic E-state index is 6.07. The van der Waals surface area contributed by atoms with Crippen LogP contribution in [0.2, 0.25) is 5.02 Å². The minimum Gasteiger partial charge on any atom is -0.381 e. The molecule has 0 aliphatic rings. The van der Waals surface area contributed by atoms with Gasteiger partial charge >= 0.3 is 0 Å². The van der Waals surface area contributed by atoms with Crippen molar-refractivity contribution < 1.29 is 4.74 Å². The zero-order valence-corrected chi connectivity index (χ0v) is 10.7. The molecule has 0 spiro atoms. The van der Waals surface area contributed by atoms with Gasteiger partial charge in [-0.2, -0.15) is 5.10 Å². The average molecular weight is 246 g/mol. The van der Waals surface area contributed by atoms with Gasteiger partial charge in [0.2, 0.25) is 0 Å². The number of hydrogen-bond acceptors (Lipinski definition) is 3. The van der Waals surface area contributed by atoms with Crippen LogP contribution in [0.15, 0.2) is 6.20 Å². The van der Waals surface area contributed by atoms with Gasteiger partial charge in [0.15, 0.2) is 0 Å². The lowest BCUT2D eigenvalue weighted by Gasteiger charge is -2.14. The Morgan fingerprint density at radius 3 is 2.88 bits per heavy atom. The van der Waals surface area contributed by atoms with Crippen molar-refractivity contribution in [2.24, 2.45) is 5.73 Å². The van der Waals surface area contributed by atoms with E-state index >= 15 is 0 Å². The van der Waals surface area contributed by atoms with Crippen LogP contribution in [0.25, 0.3) is 0 Å². The van der Waals surface area contributed by atoms with Gasteiger partial charge in [0.25, 0.3) is 0 Å². The van der Waals surface area contributed by atoms with Crippen molar-refractivity contribution in [2.75, 3.05) is 13.2 Å². The predicted molar refractivity (Wildman–Crippen MR) is 65.6 cm³/mol. The molecule has 92 valence electrons. The second-order valence-electron chi connectivity index (χ2n) is 3.70. The van der Waals surface area contributed by atoms with E-state index < -0.39 is 0 Å². The monoisotopic (exact) mass is 245 g/mol. The number of nitrogens with zero attached hydrogens (tertiary/aromatic N) is 2. The van der Waals surface area contributed by atoms with Gasteiger partial charge in [0.1, 0.15) is 0 Å². The number of hydrogen-bond donors (Lipinski definition) is 1. The van der Waals surface area contributed by atoms with Crippen molar-refractivity contribution in [3.05, 3.63) is 16.9 Å². The maximum Gasteiger partial charge on any atom is 0.0834 e. The molecule has 0 saturated heterocycles. The van der Waals surface area contributed by atoms with E-state index in [-0.39, 0.29) is 6.04 Å². The molecule has 16 heavy (non-hydrogen) atoms. The van der Waals surface area contributed by atoms with E-state index in [2.05, 4.69) is 12.0 Å². The summed E-state index contributed by atoms with van der Waals surface area (Å²) in [5.74, 6) is 0. The molecule has 5 heteroatoms. The van der Waals surface area contributed by atoms with Crippen molar-refractivity contribution >= 4 is 11.6 Å². The highest BCUT2D eigenvalue weighted by atomic mass is 35.5. The summed E-state index contributed by atoms with van der Waals surface area (Å²) in [6, 6.07) is -0.105. The fourth-order valence-corrected chi connectivity index (χ4v) is 1.87. The predicted octanol–water partition coefficient (Wildman–Crippen LogP) is 2.37. The fraction of sp³-hybridized carbons (Fsp3) is 0.727. The smallest absolute Gasteiger partial charge is 0.0834 e. The van der Waals surface area contributed by atoms with Gasteiger partial charge in [-0.3, -0.25) is 4.68 Å². The lowest BCUT2D eigenvalue weighted by atomic mass is 10.1. The highest BCUT2D eigenvalue weighted by molar-refractivity contribution is 6.31. The summed E-state index contributed by atoms with van der Waals surface area (Å²) in [6.45, 7) is 6.34. The number of ether oxygens (including phenoxy) is 1. The Kier molecular flexibility index (Phi) is 5.80. The minimum absolute atomic E-state index is 0.105. The molecule has 1 aromatic rings. The van der Waals surface area contributed by atoms with Gasteiger partial charge in [-0.25, -0.2) is 0 Å². The largest absolute Gasteiger partial charge is 0.381 e. The molecule has 1 unspecified atom stereocenters. The number of aromatic nitrogens is 2. The third-order valence-electron chi connectivity index (χ3n) is 2.41. The number of rotatable bonds is 7. The minimum atomic E-state index is -0.105. The van der Waals surface area contributed by atoms with Crippen LogP contribution in [-0.2, 0) is 11.3 Å². The first kappa shape index (κ1) is 13.5. The molecule has 1 rings (SSSR count). The van der Waals surface area contributed by atoms with Crippen LogP contribution in [0.3, 0.4) is 0 Å². The van der Waals surface area contributed by atoms with E-state index in [0.717, 1.165) is 31.7 Å². The van der Waals surface area contributed by atoms with E-state index in [1.54, 1.807) is 6.20 Å². The maximum absolute atomic E-state index is 6.07. The summed E-state index contributed by atoms with van der Waals surface area (Å²) < 4.78 is 7.25. The Balaban J connectivity index is 2.51. The topological polar surface area (TPSA) is 53.1 Å². The molecule has 1 atom stereocenters. The summed E-state index contributed by atoms with van der Waals surface area (Å²) in [6.07, 6.45) is 3.45. The van der Waals surface area contributed by atoms with E-state index in [1.807, 2.05) is 11.6 Å². The second kappa shape index (κ2) is 6.89. The molecule has 0 bridgehead atoms. The Hall–Kier alpha value is -0.580. The molecule has 2 N–H and O–H groups in total. The van der Waals surface area contributed by atoms with Gasteiger partial charge in [-0.15, -0.1) is 0 Å². The summed E-state index contributed by atoms with van der Waals surface area (Å²) in [5.41, 5.74) is 6.98. The van der Waals surface area contributed by atoms with Crippen molar-refractivity contribution in [3.63, 3.8) is 0 Å². The zero-order valence-electron chi connectivity index (χ0n) is 9.95. The first-order chi connectivity index (χ1) is 7.70. The van der Waals surface area contributed by atoms with E-state index in [1.165, 1.54) is 0 Å². The van der Waals surface area contributed by atoms with Crippen LogP contribution >= 0.6 is 11.6 Å². The van der Waals surface area contributed by atoms with E-state index in [4.69, 9.17) is 22.1 Å². The fourth-order valence-electron chi connectivity index (χ4n) is 1.59. The molecule has 0 radical (unpaired) electrons. The van der Waals surface area contributed by atoms with Crippen LogP contribution in [0.4, 0.5) is 0 Å². The van der Waals surface area contributed by atoms with Crippen LogP contribution in [-0.4, -0.2) is 23.0 Å². The van der Waals surface area contributed by atoms with Gasteiger partial charge in [0, 0.05) is 19.8 Å². The van der Waals surface area contributed by atoms with Gasteiger partial charge in [0.05, 0.1) is 23.0 Å². The third kappa shape index (κ3) is 3.47. The Bertz CT molecular complexity index is 314. The molecule has 0 amide bonds. The second-order valence-corrected chi connectivity index (χ2v) is 4.11. The molecule has 1 heterocycles. The van der Waals surface area contributed by atoms with Crippen LogP contribution in [0, 0.1) is 0 Å². The quantitative estimate of drug-likeness (QED) is 0.751. The molecule has 0 saturated carbocycles. The van der Waals surface area contributed by atoms with E-state index in [9.17, 15) is 0 Å². The Morgan fingerprint density at radius 1 is 1.50 bits per heavy atom. The molecule has 0 aliphatic carbocycles. The van der Waals surface area contributed by atoms with E-state index in [0.29, 0.717) is 11.6 Å². The highest BCUT2D eigenvalue weighted by Gasteiger charge is 2.15. The summed E-state index contributed by atoms with van der Waals surface area (Å²) in [5, 5.41) is 4.81. The van der Waals surface area contributed by atoms with Crippen molar-refractivity contribution in [3.8, 4) is 0 Å². The first-order valence-electron chi connectivity index (χ1n) is 5.75. The molecule has 0 aliphatic heterocycles. The first-order valence-corrected chi connectivity index (χ1v) is 6.13. The Labute approximate surface area is 102 Å². The molecule has 0 fully saturated rings. The van der Waals surface area contributed by atoms with Crippen molar-refractivity contribution in [1.82, 2.24) is 9.78 Å². The van der Waals surface area contributed by atoms with Gasteiger partial charge < -0.3 is 10.5 Å². The lowest BCUT2D eigenvalue weighted by Crippen LogP contribution is -2.18. The number of halogens is 1. The average Bonchev–Trinajstić information content (AvgIpc) is 2.65. The summed E-state index contributed by atoms with van der Waals surface area (Å²) >= 11 is 6.05.